The fourth-order valence-corrected chi connectivity index (χ4v) is 3.89. The van der Waals surface area contributed by atoms with Crippen molar-refractivity contribution in [1.29, 1.82) is 0 Å². The van der Waals surface area contributed by atoms with Crippen LogP contribution < -0.4 is 0 Å². The maximum absolute atomic E-state index is 13.6. The van der Waals surface area contributed by atoms with Crippen molar-refractivity contribution in [2.45, 2.75) is 51.6 Å². The summed E-state index contributed by atoms with van der Waals surface area (Å²) >= 11 is 0. The first kappa shape index (κ1) is 18.2. The van der Waals surface area contributed by atoms with Gasteiger partial charge in [-0.05, 0) is 17.8 Å². The van der Waals surface area contributed by atoms with E-state index in [1.807, 2.05) is 0 Å². The van der Waals surface area contributed by atoms with Crippen LogP contribution in [0.25, 0.3) is 0 Å². The van der Waals surface area contributed by atoms with Crippen molar-refractivity contribution in [2.24, 2.45) is 22.7 Å². The number of ketones is 2. The van der Waals surface area contributed by atoms with Gasteiger partial charge < -0.3 is 0 Å². The number of carbonyl (C=O) groups excluding carboxylic acids is 2. The quantitative estimate of drug-likeness (QED) is 0.722. The molecule has 9 heteroatoms. The molecule has 23 heavy (non-hydrogen) atoms. The molecule has 0 heterocycles. The Morgan fingerprint density at radius 1 is 1.04 bits per heavy atom. The molecule has 0 aromatic heterocycles. The maximum atomic E-state index is 13.6. The normalized spacial score (nSPS) is 34.1. The SMILES string of the molecule is CC1(C)[C@@H]2CC(=O)[C@]1(C)CC2C(=O)C(F)(F)C(F)(F)C(F)(F)F. The van der Waals surface area contributed by atoms with Crippen LogP contribution in [0.4, 0.5) is 30.7 Å². The summed E-state index contributed by atoms with van der Waals surface area (Å²) in [5, 5.41) is 0. The molecular weight excluding hydrogens is 333 g/mol. The number of alkyl halides is 7. The van der Waals surface area contributed by atoms with E-state index in [9.17, 15) is 40.3 Å². The average molecular weight is 348 g/mol. The van der Waals surface area contributed by atoms with Crippen molar-refractivity contribution in [3.63, 3.8) is 0 Å². The van der Waals surface area contributed by atoms with Crippen LogP contribution in [0.2, 0.25) is 0 Å². The molecule has 0 spiro atoms. The van der Waals surface area contributed by atoms with Gasteiger partial charge in [-0.3, -0.25) is 9.59 Å². The third-order valence-corrected chi connectivity index (χ3v) is 5.88. The van der Waals surface area contributed by atoms with E-state index in [0.29, 0.717) is 0 Å². The Bertz CT molecular complexity index is 564. The molecule has 0 aromatic carbocycles. The second-order valence-corrected chi connectivity index (χ2v) is 7.11. The minimum absolute atomic E-state index is 0.270. The Morgan fingerprint density at radius 3 is 1.83 bits per heavy atom. The maximum Gasteiger partial charge on any atom is 0.460 e. The zero-order chi connectivity index (χ0) is 18.2. The average Bonchev–Trinajstić information content (AvgIpc) is 2.67. The van der Waals surface area contributed by atoms with Crippen molar-refractivity contribution in [3.8, 4) is 0 Å². The monoisotopic (exact) mass is 348 g/mol. The standard InChI is InChI=1S/C14H15F7O2/c1-10(2)7-4-8(22)11(10,3)5-6(7)9(23)12(15,16)13(17,18)14(19,20)21/h6-7H,4-5H2,1-3H3/t6?,7-,11+/m1/s1. The molecule has 0 radical (unpaired) electrons. The van der Waals surface area contributed by atoms with Crippen molar-refractivity contribution >= 4 is 11.6 Å². The van der Waals surface area contributed by atoms with E-state index >= 15 is 0 Å². The topological polar surface area (TPSA) is 34.1 Å². The third-order valence-electron chi connectivity index (χ3n) is 5.88. The van der Waals surface area contributed by atoms with Crippen LogP contribution in [0, 0.1) is 22.7 Å². The third kappa shape index (κ3) is 2.00. The summed E-state index contributed by atoms with van der Waals surface area (Å²) < 4.78 is 90.0. The van der Waals surface area contributed by atoms with Crippen molar-refractivity contribution in [2.75, 3.05) is 0 Å². The van der Waals surface area contributed by atoms with Crippen LogP contribution in [0.1, 0.15) is 33.6 Å². The van der Waals surface area contributed by atoms with Gasteiger partial charge in [-0.25, -0.2) is 0 Å². The predicted molar refractivity (Wildman–Crippen MR) is 64.1 cm³/mol. The molecule has 0 amide bonds. The molecule has 2 aliphatic rings. The summed E-state index contributed by atoms with van der Waals surface area (Å²) in [4.78, 5) is 23.8. The van der Waals surface area contributed by atoms with E-state index in [0.717, 1.165) is 0 Å². The first-order valence-corrected chi connectivity index (χ1v) is 6.92. The highest BCUT2D eigenvalue weighted by Crippen LogP contribution is 2.67. The van der Waals surface area contributed by atoms with Gasteiger partial charge in [0.2, 0.25) is 5.78 Å². The Labute approximate surface area is 127 Å². The summed E-state index contributed by atoms with van der Waals surface area (Å²) in [6.45, 7) is 4.51. The van der Waals surface area contributed by atoms with E-state index in [2.05, 4.69) is 0 Å². The zero-order valence-electron chi connectivity index (χ0n) is 12.5. The highest BCUT2D eigenvalue weighted by molar-refractivity contribution is 5.96. The summed E-state index contributed by atoms with van der Waals surface area (Å²) in [7, 11) is 0. The molecule has 1 unspecified atom stereocenters. The number of halogens is 7. The highest BCUT2D eigenvalue weighted by Gasteiger charge is 2.78. The van der Waals surface area contributed by atoms with Crippen LogP contribution in [-0.2, 0) is 9.59 Å². The van der Waals surface area contributed by atoms with Crippen molar-refractivity contribution < 1.29 is 40.3 Å². The smallest absolute Gasteiger partial charge is 0.299 e. The Balaban J connectivity index is 2.39. The van der Waals surface area contributed by atoms with Crippen LogP contribution >= 0.6 is 0 Å². The zero-order valence-corrected chi connectivity index (χ0v) is 12.5. The molecule has 2 rings (SSSR count). The molecule has 2 bridgehead atoms. The minimum Gasteiger partial charge on any atom is -0.299 e. The fourth-order valence-electron chi connectivity index (χ4n) is 3.89. The van der Waals surface area contributed by atoms with Crippen LogP contribution in [0.3, 0.4) is 0 Å². The lowest BCUT2D eigenvalue weighted by atomic mass is 9.70. The fraction of sp³-hybridized carbons (Fsp3) is 0.857. The lowest BCUT2D eigenvalue weighted by Crippen LogP contribution is -2.58. The number of fused-ring (bicyclic) bond motifs is 2. The molecule has 2 nitrogen and oxygen atoms in total. The van der Waals surface area contributed by atoms with Gasteiger partial charge in [-0.15, -0.1) is 0 Å². The van der Waals surface area contributed by atoms with E-state index in [1.54, 1.807) is 0 Å². The van der Waals surface area contributed by atoms with Crippen LogP contribution in [0.5, 0.6) is 0 Å². The van der Waals surface area contributed by atoms with Gasteiger partial charge in [0.15, 0.2) is 0 Å². The molecule has 2 aliphatic carbocycles. The lowest BCUT2D eigenvalue weighted by Gasteiger charge is -2.32. The van der Waals surface area contributed by atoms with Crippen LogP contribution in [-0.4, -0.2) is 29.6 Å². The van der Waals surface area contributed by atoms with Gasteiger partial charge in [0.25, 0.3) is 0 Å². The summed E-state index contributed by atoms with van der Waals surface area (Å²) in [6, 6.07) is 0. The van der Waals surface area contributed by atoms with E-state index in [1.165, 1.54) is 20.8 Å². The van der Waals surface area contributed by atoms with Crippen molar-refractivity contribution in [3.05, 3.63) is 0 Å². The second-order valence-electron chi connectivity index (χ2n) is 7.11. The largest absolute Gasteiger partial charge is 0.460 e. The molecule has 0 saturated heterocycles. The molecule has 2 fully saturated rings. The molecule has 0 aromatic rings. The van der Waals surface area contributed by atoms with Crippen LogP contribution in [0.15, 0.2) is 0 Å². The summed E-state index contributed by atoms with van der Waals surface area (Å²) in [6.07, 6.45) is -7.25. The Morgan fingerprint density at radius 2 is 1.52 bits per heavy atom. The highest BCUT2D eigenvalue weighted by atomic mass is 19.4. The predicted octanol–water partition coefficient (Wildman–Crippen LogP) is 4.03. The molecule has 3 atom stereocenters. The van der Waals surface area contributed by atoms with E-state index in [4.69, 9.17) is 0 Å². The first-order valence-electron chi connectivity index (χ1n) is 6.92. The minimum atomic E-state index is -6.54. The van der Waals surface area contributed by atoms with Gasteiger partial charge in [0.05, 0.1) is 0 Å². The number of hydrogen-bond acceptors (Lipinski definition) is 2. The van der Waals surface area contributed by atoms with Gasteiger partial charge >= 0.3 is 18.0 Å². The van der Waals surface area contributed by atoms with Gasteiger partial charge in [-0.1, -0.05) is 20.8 Å². The first-order chi connectivity index (χ1) is 10.0. The van der Waals surface area contributed by atoms with E-state index in [-0.39, 0.29) is 12.2 Å². The number of hydrogen-bond donors (Lipinski definition) is 0. The molecular formula is C14H15F7O2. The van der Waals surface area contributed by atoms with Gasteiger partial charge in [-0.2, -0.15) is 30.7 Å². The lowest BCUT2D eigenvalue weighted by molar-refractivity contribution is -0.344. The number of carbonyl (C=O) groups is 2. The van der Waals surface area contributed by atoms with E-state index < -0.39 is 52.9 Å². The molecule has 0 aliphatic heterocycles. The number of Topliss-reactive ketones (excluding diaryl/α,β-unsaturated/α-hetero) is 2. The summed E-state index contributed by atoms with van der Waals surface area (Å²) in [5.74, 6) is -17.7. The Kier molecular flexibility index (Phi) is 3.54. The van der Waals surface area contributed by atoms with Crippen molar-refractivity contribution in [1.82, 2.24) is 0 Å². The summed E-state index contributed by atoms with van der Waals surface area (Å²) in [5.41, 5.74) is -2.10. The second kappa shape index (κ2) is 4.47. The van der Waals surface area contributed by atoms with Gasteiger partial charge in [0.1, 0.15) is 5.78 Å². The Hall–Kier alpha value is -1.15. The molecule has 132 valence electrons. The molecule has 2 saturated carbocycles. The molecule has 0 N–H and O–H groups in total. The van der Waals surface area contributed by atoms with Gasteiger partial charge in [0, 0.05) is 17.8 Å². The number of rotatable bonds is 3.